The van der Waals surface area contributed by atoms with Crippen LogP contribution in [0.4, 0.5) is 0 Å². The summed E-state index contributed by atoms with van der Waals surface area (Å²) in [6, 6.07) is 0.291. The average molecular weight is 184 g/mol. The SMILES string of the molecule is CCOCCOC1=NCC(C)N=C1. The van der Waals surface area contributed by atoms with Crippen LogP contribution in [-0.4, -0.2) is 44.5 Å². The van der Waals surface area contributed by atoms with Crippen molar-refractivity contribution in [3.63, 3.8) is 0 Å². The molecule has 4 nitrogen and oxygen atoms in total. The largest absolute Gasteiger partial charge is 0.474 e. The Kier molecular flexibility index (Phi) is 4.46. The summed E-state index contributed by atoms with van der Waals surface area (Å²) in [6.07, 6.45) is 1.68. The lowest BCUT2D eigenvalue weighted by Crippen LogP contribution is -2.19. The van der Waals surface area contributed by atoms with Crippen molar-refractivity contribution < 1.29 is 9.47 Å². The number of aliphatic imine (C=N–C) groups is 2. The lowest BCUT2D eigenvalue weighted by atomic mass is 10.3. The summed E-state index contributed by atoms with van der Waals surface area (Å²) in [4.78, 5) is 8.39. The second-order valence-electron chi connectivity index (χ2n) is 2.85. The van der Waals surface area contributed by atoms with Crippen LogP contribution in [0.15, 0.2) is 9.98 Å². The summed E-state index contributed by atoms with van der Waals surface area (Å²) >= 11 is 0. The fourth-order valence-electron chi connectivity index (χ4n) is 0.933. The monoisotopic (exact) mass is 184 g/mol. The van der Waals surface area contributed by atoms with Crippen molar-refractivity contribution in [2.24, 2.45) is 9.98 Å². The number of nitrogens with zero attached hydrogens (tertiary/aromatic N) is 2. The smallest absolute Gasteiger partial charge is 0.227 e. The van der Waals surface area contributed by atoms with Gasteiger partial charge in [-0.1, -0.05) is 0 Å². The van der Waals surface area contributed by atoms with Crippen molar-refractivity contribution >= 4 is 12.1 Å². The summed E-state index contributed by atoms with van der Waals surface area (Å²) in [7, 11) is 0. The maximum atomic E-state index is 5.31. The normalized spacial score (nSPS) is 21.4. The van der Waals surface area contributed by atoms with Crippen LogP contribution in [0, 0.1) is 0 Å². The van der Waals surface area contributed by atoms with Gasteiger partial charge in [0.1, 0.15) is 6.61 Å². The van der Waals surface area contributed by atoms with Crippen molar-refractivity contribution in [2.45, 2.75) is 19.9 Å². The molecule has 0 N–H and O–H groups in total. The van der Waals surface area contributed by atoms with Gasteiger partial charge in [0, 0.05) is 6.61 Å². The van der Waals surface area contributed by atoms with Gasteiger partial charge in [0.05, 0.1) is 25.4 Å². The summed E-state index contributed by atoms with van der Waals surface area (Å²) in [5.41, 5.74) is 0. The Morgan fingerprint density at radius 1 is 1.54 bits per heavy atom. The molecule has 0 saturated heterocycles. The van der Waals surface area contributed by atoms with Crippen molar-refractivity contribution in [1.82, 2.24) is 0 Å². The van der Waals surface area contributed by atoms with E-state index >= 15 is 0 Å². The highest BCUT2D eigenvalue weighted by molar-refractivity contribution is 6.26. The van der Waals surface area contributed by atoms with E-state index in [4.69, 9.17) is 9.47 Å². The van der Waals surface area contributed by atoms with E-state index in [1.54, 1.807) is 6.21 Å². The van der Waals surface area contributed by atoms with Crippen LogP contribution in [0.25, 0.3) is 0 Å². The average Bonchev–Trinajstić information content (AvgIpc) is 2.15. The van der Waals surface area contributed by atoms with Gasteiger partial charge in [0.2, 0.25) is 5.90 Å². The van der Waals surface area contributed by atoms with E-state index in [1.807, 2.05) is 13.8 Å². The minimum atomic E-state index is 0.291. The maximum absolute atomic E-state index is 5.31. The van der Waals surface area contributed by atoms with Gasteiger partial charge in [-0.3, -0.25) is 4.99 Å². The molecule has 0 spiro atoms. The first-order chi connectivity index (χ1) is 6.33. The fourth-order valence-corrected chi connectivity index (χ4v) is 0.933. The van der Waals surface area contributed by atoms with E-state index in [1.165, 1.54) is 0 Å². The van der Waals surface area contributed by atoms with Crippen LogP contribution < -0.4 is 0 Å². The van der Waals surface area contributed by atoms with Crippen LogP contribution in [0.1, 0.15) is 13.8 Å². The third-order valence-electron chi connectivity index (χ3n) is 1.63. The van der Waals surface area contributed by atoms with E-state index in [2.05, 4.69) is 9.98 Å². The van der Waals surface area contributed by atoms with Gasteiger partial charge >= 0.3 is 0 Å². The first-order valence-electron chi connectivity index (χ1n) is 4.61. The molecule has 1 aliphatic rings. The number of rotatable bonds is 4. The summed E-state index contributed by atoms with van der Waals surface area (Å²) in [5, 5.41) is 0. The van der Waals surface area contributed by atoms with E-state index in [0.29, 0.717) is 25.2 Å². The number of hydrogen-bond donors (Lipinski definition) is 0. The molecule has 0 bridgehead atoms. The zero-order chi connectivity index (χ0) is 9.52. The Morgan fingerprint density at radius 3 is 3.00 bits per heavy atom. The Labute approximate surface area is 78.7 Å². The van der Waals surface area contributed by atoms with E-state index < -0.39 is 0 Å². The van der Waals surface area contributed by atoms with Gasteiger partial charge in [0.15, 0.2) is 0 Å². The third kappa shape index (κ3) is 4.03. The quantitative estimate of drug-likeness (QED) is 0.609. The summed E-state index contributed by atoms with van der Waals surface area (Å²) in [6.45, 7) is 6.59. The Morgan fingerprint density at radius 2 is 2.38 bits per heavy atom. The zero-order valence-corrected chi connectivity index (χ0v) is 8.19. The molecule has 0 saturated carbocycles. The second-order valence-corrected chi connectivity index (χ2v) is 2.85. The molecule has 1 aliphatic heterocycles. The predicted molar refractivity (Wildman–Crippen MR) is 52.7 cm³/mol. The van der Waals surface area contributed by atoms with Gasteiger partial charge in [-0.15, -0.1) is 0 Å². The van der Waals surface area contributed by atoms with Crippen LogP contribution >= 0.6 is 0 Å². The van der Waals surface area contributed by atoms with Crippen molar-refractivity contribution in [3.05, 3.63) is 0 Å². The molecule has 0 aliphatic carbocycles. The molecule has 1 unspecified atom stereocenters. The molecule has 0 amide bonds. The number of hydrogen-bond acceptors (Lipinski definition) is 4. The molecule has 0 radical (unpaired) electrons. The van der Waals surface area contributed by atoms with Crippen molar-refractivity contribution in [3.8, 4) is 0 Å². The van der Waals surface area contributed by atoms with E-state index in [0.717, 1.165) is 13.2 Å². The van der Waals surface area contributed by atoms with Gasteiger partial charge in [-0.25, -0.2) is 4.99 Å². The van der Waals surface area contributed by atoms with Crippen molar-refractivity contribution in [2.75, 3.05) is 26.4 Å². The molecule has 1 atom stereocenters. The van der Waals surface area contributed by atoms with Gasteiger partial charge < -0.3 is 9.47 Å². The standard InChI is InChI=1S/C9H16N2O2/c1-3-12-4-5-13-9-7-10-8(2)6-11-9/h7-8H,3-6H2,1-2H3. The molecule has 0 aromatic carbocycles. The van der Waals surface area contributed by atoms with E-state index in [-0.39, 0.29) is 0 Å². The Bertz CT molecular complexity index is 202. The fraction of sp³-hybridized carbons (Fsp3) is 0.778. The summed E-state index contributed by atoms with van der Waals surface area (Å²) in [5.74, 6) is 0.623. The molecule has 4 heteroatoms. The molecular weight excluding hydrogens is 168 g/mol. The van der Waals surface area contributed by atoms with Crippen LogP contribution in [0.5, 0.6) is 0 Å². The maximum Gasteiger partial charge on any atom is 0.227 e. The molecule has 1 rings (SSSR count). The van der Waals surface area contributed by atoms with Gasteiger partial charge in [-0.2, -0.15) is 0 Å². The highest BCUT2D eigenvalue weighted by atomic mass is 16.5. The zero-order valence-electron chi connectivity index (χ0n) is 8.19. The third-order valence-corrected chi connectivity index (χ3v) is 1.63. The highest BCUT2D eigenvalue weighted by Crippen LogP contribution is 1.97. The van der Waals surface area contributed by atoms with Gasteiger partial charge in [0.25, 0.3) is 0 Å². The molecule has 13 heavy (non-hydrogen) atoms. The van der Waals surface area contributed by atoms with E-state index in [9.17, 15) is 0 Å². The predicted octanol–water partition coefficient (Wildman–Crippen LogP) is 0.911. The minimum Gasteiger partial charge on any atom is -0.474 e. The lowest BCUT2D eigenvalue weighted by molar-refractivity contribution is 0.107. The van der Waals surface area contributed by atoms with Crippen LogP contribution in [0.3, 0.4) is 0 Å². The molecule has 0 aromatic heterocycles. The van der Waals surface area contributed by atoms with Gasteiger partial charge in [-0.05, 0) is 13.8 Å². The molecule has 0 aromatic rings. The Hall–Kier alpha value is -0.900. The highest BCUT2D eigenvalue weighted by Gasteiger charge is 2.05. The molecule has 1 heterocycles. The first-order valence-corrected chi connectivity index (χ1v) is 4.61. The summed E-state index contributed by atoms with van der Waals surface area (Å²) < 4.78 is 10.4. The first kappa shape index (κ1) is 10.2. The van der Waals surface area contributed by atoms with Crippen LogP contribution in [0.2, 0.25) is 0 Å². The number of ether oxygens (including phenoxy) is 2. The topological polar surface area (TPSA) is 43.2 Å². The minimum absolute atomic E-state index is 0.291. The Balaban J connectivity index is 2.12. The molecular formula is C9H16N2O2. The van der Waals surface area contributed by atoms with Crippen molar-refractivity contribution in [1.29, 1.82) is 0 Å². The second kappa shape index (κ2) is 5.70. The molecule has 74 valence electrons. The lowest BCUT2D eigenvalue weighted by Gasteiger charge is -2.11. The molecule has 0 fully saturated rings. The van der Waals surface area contributed by atoms with Crippen LogP contribution in [-0.2, 0) is 9.47 Å².